The molecule has 1 aromatic rings. The normalized spacial score (nSPS) is 17.8. The van der Waals surface area contributed by atoms with Crippen molar-refractivity contribution in [2.24, 2.45) is 0 Å². The largest absolute Gasteiger partial charge is 0.493 e. The molecule has 0 radical (unpaired) electrons. The maximum atomic E-state index is 12.4. The molecular formula is C15H20F2N2O4. The fraction of sp³-hybridized carbons (Fsp3) is 0.533. The van der Waals surface area contributed by atoms with Crippen LogP contribution in [0.15, 0.2) is 18.2 Å². The predicted molar refractivity (Wildman–Crippen MR) is 78.7 cm³/mol. The minimum absolute atomic E-state index is 0.00246. The lowest BCUT2D eigenvalue weighted by Crippen LogP contribution is -2.44. The van der Waals surface area contributed by atoms with E-state index in [0.717, 1.165) is 6.54 Å². The average molecular weight is 330 g/mol. The summed E-state index contributed by atoms with van der Waals surface area (Å²) in [6, 6.07) is 4.62. The van der Waals surface area contributed by atoms with Gasteiger partial charge in [-0.1, -0.05) is 6.07 Å². The molecule has 1 aliphatic heterocycles. The molecule has 0 spiro atoms. The van der Waals surface area contributed by atoms with Crippen LogP contribution in [0.3, 0.4) is 0 Å². The quantitative estimate of drug-likeness (QED) is 0.788. The first-order valence-electron chi connectivity index (χ1n) is 7.28. The van der Waals surface area contributed by atoms with E-state index in [2.05, 4.69) is 15.4 Å². The molecule has 1 unspecified atom stereocenters. The van der Waals surface area contributed by atoms with Gasteiger partial charge in [0.25, 0.3) is 0 Å². The molecule has 23 heavy (non-hydrogen) atoms. The molecule has 0 saturated carbocycles. The van der Waals surface area contributed by atoms with E-state index < -0.39 is 6.61 Å². The van der Waals surface area contributed by atoms with Crippen molar-refractivity contribution < 1.29 is 27.8 Å². The highest BCUT2D eigenvalue weighted by molar-refractivity contribution is 5.76. The lowest BCUT2D eigenvalue weighted by Gasteiger charge is -2.23. The van der Waals surface area contributed by atoms with Crippen molar-refractivity contribution >= 4 is 5.91 Å². The van der Waals surface area contributed by atoms with Gasteiger partial charge in [-0.15, -0.1) is 0 Å². The first-order valence-corrected chi connectivity index (χ1v) is 7.28. The van der Waals surface area contributed by atoms with Crippen molar-refractivity contribution in [2.45, 2.75) is 25.6 Å². The average Bonchev–Trinajstić information content (AvgIpc) is 2.53. The number of carbonyl (C=O) groups excluding carboxylic acids is 1. The summed E-state index contributed by atoms with van der Waals surface area (Å²) in [5.74, 6) is 0.0145. The molecule has 1 atom stereocenters. The van der Waals surface area contributed by atoms with Crippen molar-refractivity contribution in [1.29, 1.82) is 0 Å². The van der Waals surface area contributed by atoms with Crippen LogP contribution in [0, 0.1) is 0 Å². The third-order valence-corrected chi connectivity index (χ3v) is 3.36. The van der Waals surface area contributed by atoms with Crippen molar-refractivity contribution in [3.05, 3.63) is 23.8 Å². The van der Waals surface area contributed by atoms with E-state index in [9.17, 15) is 13.6 Å². The van der Waals surface area contributed by atoms with E-state index in [1.807, 2.05) is 0 Å². The van der Waals surface area contributed by atoms with Gasteiger partial charge in [-0.25, -0.2) is 0 Å². The number of benzene rings is 1. The second-order valence-corrected chi connectivity index (χ2v) is 5.07. The van der Waals surface area contributed by atoms with Crippen LogP contribution in [0.2, 0.25) is 0 Å². The van der Waals surface area contributed by atoms with Crippen molar-refractivity contribution in [3.63, 3.8) is 0 Å². The number of methoxy groups -OCH3 is 1. The van der Waals surface area contributed by atoms with Gasteiger partial charge >= 0.3 is 6.61 Å². The number of hydrogen-bond acceptors (Lipinski definition) is 5. The van der Waals surface area contributed by atoms with Crippen LogP contribution < -0.4 is 20.1 Å². The van der Waals surface area contributed by atoms with Gasteiger partial charge in [0, 0.05) is 25.6 Å². The third kappa shape index (κ3) is 5.65. The van der Waals surface area contributed by atoms with Crippen LogP contribution >= 0.6 is 0 Å². The number of morpholine rings is 1. The Hall–Kier alpha value is -1.93. The van der Waals surface area contributed by atoms with Crippen LogP contribution in [0.1, 0.15) is 12.0 Å². The minimum Gasteiger partial charge on any atom is -0.493 e. The molecule has 8 heteroatoms. The molecule has 2 rings (SSSR count). The number of rotatable bonds is 7. The van der Waals surface area contributed by atoms with E-state index in [0.29, 0.717) is 25.2 Å². The number of nitrogens with one attached hydrogen (secondary N) is 2. The standard InChI is InChI=1S/C15H20F2N2O4/c1-21-12-3-2-10(6-13(12)23-15(16)17)8-19-14(20)7-11-9-22-5-4-18-11/h2-3,6,11,15,18H,4-5,7-9H2,1H3,(H,19,20). The maximum absolute atomic E-state index is 12.4. The summed E-state index contributed by atoms with van der Waals surface area (Å²) < 4.78 is 39.4. The molecule has 1 saturated heterocycles. The lowest BCUT2D eigenvalue weighted by molar-refractivity contribution is -0.122. The van der Waals surface area contributed by atoms with Gasteiger partial charge in [-0.3, -0.25) is 4.79 Å². The molecule has 0 aliphatic carbocycles. The van der Waals surface area contributed by atoms with Crippen LogP contribution in [0.4, 0.5) is 8.78 Å². The van der Waals surface area contributed by atoms with Crippen molar-refractivity contribution in [1.82, 2.24) is 10.6 Å². The zero-order valence-electron chi connectivity index (χ0n) is 12.8. The minimum atomic E-state index is -2.94. The summed E-state index contributed by atoms with van der Waals surface area (Å²) in [4.78, 5) is 11.9. The van der Waals surface area contributed by atoms with E-state index in [1.54, 1.807) is 6.07 Å². The zero-order chi connectivity index (χ0) is 16.7. The van der Waals surface area contributed by atoms with Gasteiger partial charge in [0.15, 0.2) is 11.5 Å². The van der Waals surface area contributed by atoms with Crippen LogP contribution in [0.5, 0.6) is 11.5 Å². The maximum Gasteiger partial charge on any atom is 0.387 e. The molecule has 0 bridgehead atoms. The van der Waals surface area contributed by atoms with Gasteiger partial charge < -0.3 is 24.8 Å². The molecule has 0 aromatic heterocycles. The summed E-state index contributed by atoms with van der Waals surface area (Å²) >= 11 is 0. The topological polar surface area (TPSA) is 68.8 Å². The number of amides is 1. The number of alkyl halides is 2. The number of halogens is 2. The highest BCUT2D eigenvalue weighted by Gasteiger charge is 2.17. The van der Waals surface area contributed by atoms with E-state index in [-0.39, 0.29) is 30.0 Å². The Morgan fingerprint density at radius 1 is 1.48 bits per heavy atom. The SMILES string of the molecule is COc1ccc(CNC(=O)CC2COCCN2)cc1OC(F)F. The summed E-state index contributed by atoms with van der Waals surface area (Å²) in [6.07, 6.45) is 0.302. The van der Waals surface area contributed by atoms with Crippen LogP contribution in [0.25, 0.3) is 0 Å². The molecule has 1 aliphatic rings. The number of carbonyl (C=O) groups is 1. The Balaban J connectivity index is 1.87. The van der Waals surface area contributed by atoms with E-state index >= 15 is 0 Å². The van der Waals surface area contributed by atoms with Crippen molar-refractivity contribution in [3.8, 4) is 11.5 Å². The number of ether oxygens (including phenoxy) is 3. The fourth-order valence-corrected chi connectivity index (χ4v) is 2.27. The van der Waals surface area contributed by atoms with Crippen LogP contribution in [-0.2, 0) is 16.1 Å². The Labute approximate surface area is 133 Å². The molecule has 128 valence electrons. The lowest BCUT2D eigenvalue weighted by atomic mass is 10.1. The summed E-state index contributed by atoms with van der Waals surface area (Å²) in [5, 5.41) is 5.93. The third-order valence-electron chi connectivity index (χ3n) is 3.36. The highest BCUT2D eigenvalue weighted by atomic mass is 19.3. The van der Waals surface area contributed by atoms with Gasteiger partial charge in [0.05, 0.1) is 20.3 Å². The monoisotopic (exact) mass is 330 g/mol. The fourth-order valence-electron chi connectivity index (χ4n) is 2.27. The van der Waals surface area contributed by atoms with Gasteiger partial charge in [0.2, 0.25) is 5.91 Å². The Morgan fingerprint density at radius 3 is 2.96 bits per heavy atom. The van der Waals surface area contributed by atoms with E-state index in [4.69, 9.17) is 9.47 Å². The predicted octanol–water partition coefficient (Wildman–Crippen LogP) is 1.29. The van der Waals surface area contributed by atoms with Crippen molar-refractivity contribution in [2.75, 3.05) is 26.9 Å². The smallest absolute Gasteiger partial charge is 0.387 e. The molecule has 1 aromatic carbocycles. The zero-order valence-corrected chi connectivity index (χ0v) is 12.8. The van der Waals surface area contributed by atoms with Crippen LogP contribution in [-0.4, -0.2) is 45.4 Å². The Bertz CT molecular complexity index is 522. The molecule has 2 N–H and O–H groups in total. The first kappa shape index (κ1) is 17.4. The Morgan fingerprint density at radius 2 is 2.30 bits per heavy atom. The second kappa shape index (κ2) is 8.64. The molecule has 1 heterocycles. The molecule has 6 nitrogen and oxygen atoms in total. The summed E-state index contributed by atoms with van der Waals surface area (Å²) in [5.41, 5.74) is 0.641. The first-order chi connectivity index (χ1) is 11.1. The molecule has 1 amide bonds. The highest BCUT2D eigenvalue weighted by Crippen LogP contribution is 2.29. The van der Waals surface area contributed by atoms with Gasteiger partial charge in [0.1, 0.15) is 0 Å². The van der Waals surface area contributed by atoms with Gasteiger partial charge in [-0.05, 0) is 17.7 Å². The molecular weight excluding hydrogens is 310 g/mol. The molecule has 1 fully saturated rings. The summed E-state index contributed by atoms with van der Waals surface area (Å²) in [7, 11) is 1.37. The van der Waals surface area contributed by atoms with E-state index in [1.165, 1.54) is 19.2 Å². The van der Waals surface area contributed by atoms with Gasteiger partial charge in [-0.2, -0.15) is 8.78 Å². The number of hydrogen-bond donors (Lipinski definition) is 2. The Kier molecular flexibility index (Phi) is 6.54. The second-order valence-electron chi connectivity index (χ2n) is 5.07. The summed E-state index contributed by atoms with van der Waals surface area (Å²) in [6.45, 7) is -0.842.